The third-order valence-corrected chi connectivity index (χ3v) is 4.91. The molecule has 0 amide bonds. The summed E-state index contributed by atoms with van der Waals surface area (Å²) in [5.41, 5.74) is 4.70. The highest BCUT2D eigenvalue weighted by Gasteiger charge is 2.21. The molecule has 0 saturated carbocycles. The lowest BCUT2D eigenvalue weighted by molar-refractivity contribution is 0.383. The molecule has 0 radical (unpaired) electrons. The van der Waals surface area contributed by atoms with Crippen molar-refractivity contribution in [3.63, 3.8) is 0 Å². The van der Waals surface area contributed by atoms with Crippen LogP contribution in [0.15, 0.2) is 48.5 Å². The fourth-order valence-electron chi connectivity index (χ4n) is 3.30. The Morgan fingerprint density at radius 2 is 2.08 bits per heavy atom. The number of nitrogens with one attached hydrogen (secondary N) is 2. The van der Waals surface area contributed by atoms with Gasteiger partial charge in [-0.25, -0.2) is 4.39 Å². The van der Waals surface area contributed by atoms with Crippen LogP contribution in [-0.4, -0.2) is 21.5 Å². The summed E-state index contributed by atoms with van der Waals surface area (Å²) >= 11 is 5.52. The van der Waals surface area contributed by atoms with Gasteiger partial charge in [0.1, 0.15) is 5.82 Å². The number of aromatic nitrogens is 1. The van der Waals surface area contributed by atoms with Gasteiger partial charge in [-0.2, -0.15) is 0 Å². The molecule has 4 rings (SSSR count). The predicted octanol–water partition coefficient (Wildman–Crippen LogP) is 3.74. The summed E-state index contributed by atoms with van der Waals surface area (Å²) < 4.78 is 13.2. The summed E-state index contributed by atoms with van der Waals surface area (Å²) in [5, 5.41) is 5.26. The number of halogens is 1. The molecule has 0 spiro atoms. The Labute approximate surface area is 145 Å². The Hall–Kier alpha value is -2.40. The van der Waals surface area contributed by atoms with E-state index in [0.29, 0.717) is 11.7 Å². The second-order valence-corrected chi connectivity index (χ2v) is 6.47. The maximum Gasteiger partial charge on any atom is 0.169 e. The first-order chi connectivity index (χ1) is 11.7. The number of rotatable bonds is 2. The second kappa shape index (κ2) is 6.24. The van der Waals surface area contributed by atoms with Gasteiger partial charge in [0.15, 0.2) is 5.11 Å². The third kappa shape index (κ3) is 2.87. The summed E-state index contributed by atoms with van der Waals surface area (Å²) in [6.45, 7) is 2.20. The van der Waals surface area contributed by atoms with Crippen LogP contribution < -0.4 is 5.32 Å². The predicted molar refractivity (Wildman–Crippen MR) is 98.3 cm³/mol. The number of aromatic amines is 1. The molecule has 1 aliphatic heterocycles. The van der Waals surface area contributed by atoms with Gasteiger partial charge in [-0.3, -0.25) is 0 Å². The van der Waals surface area contributed by atoms with E-state index < -0.39 is 0 Å². The minimum absolute atomic E-state index is 0.221. The van der Waals surface area contributed by atoms with Crippen molar-refractivity contribution in [2.75, 3.05) is 6.54 Å². The van der Waals surface area contributed by atoms with Gasteiger partial charge >= 0.3 is 0 Å². The Balaban J connectivity index is 1.45. The molecule has 0 unspecified atom stereocenters. The standard InChI is InChI=1S/C19H18FN3S/c20-14-5-3-4-13(10-14)11-21-19(24)23-9-8-16-15-6-1-2-7-17(15)22-18(16)12-23/h1-7,10,22H,8-9,11-12H2,(H,21,24). The van der Waals surface area contributed by atoms with Crippen LogP contribution in [0, 0.1) is 5.82 Å². The summed E-state index contributed by atoms with van der Waals surface area (Å²) in [6, 6.07) is 15.0. The van der Waals surface area contributed by atoms with Crippen molar-refractivity contribution in [2.45, 2.75) is 19.5 Å². The minimum Gasteiger partial charge on any atom is -0.358 e. The molecule has 2 N–H and O–H groups in total. The quantitative estimate of drug-likeness (QED) is 0.698. The Morgan fingerprint density at radius 3 is 2.96 bits per heavy atom. The smallest absolute Gasteiger partial charge is 0.169 e. The van der Waals surface area contributed by atoms with E-state index in [1.165, 1.54) is 34.3 Å². The van der Waals surface area contributed by atoms with Crippen molar-refractivity contribution in [3.05, 3.63) is 71.2 Å². The molecule has 3 nitrogen and oxygen atoms in total. The number of nitrogens with zero attached hydrogens (tertiary/aromatic N) is 1. The molecule has 0 aliphatic carbocycles. The number of hydrogen-bond acceptors (Lipinski definition) is 1. The minimum atomic E-state index is -0.221. The second-order valence-electron chi connectivity index (χ2n) is 6.09. The number of para-hydroxylation sites is 1. The van der Waals surface area contributed by atoms with Crippen LogP contribution in [0.5, 0.6) is 0 Å². The SMILES string of the molecule is Fc1cccc(CNC(=S)N2CCc3c([nH]c4ccccc34)C2)c1. The van der Waals surface area contributed by atoms with Crippen molar-refractivity contribution in [3.8, 4) is 0 Å². The molecule has 5 heteroatoms. The van der Waals surface area contributed by atoms with Crippen LogP contribution in [0.3, 0.4) is 0 Å². The average Bonchev–Trinajstić information content (AvgIpc) is 2.97. The lowest BCUT2D eigenvalue weighted by atomic mass is 10.0. The maximum absolute atomic E-state index is 13.2. The fourth-order valence-corrected chi connectivity index (χ4v) is 3.53. The Bertz CT molecular complexity index is 903. The molecule has 1 aliphatic rings. The topological polar surface area (TPSA) is 31.1 Å². The van der Waals surface area contributed by atoms with Gasteiger partial charge in [-0.15, -0.1) is 0 Å². The number of benzene rings is 2. The average molecular weight is 339 g/mol. The first-order valence-electron chi connectivity index (χ1n) is 8.06. The van der Waals surface area contributed by atoms with E-state index in [9.17, 15) is 4.39 Å². The van der Waals surface area contributed by atoms with Crippen LogP contribution in [0.25, 0.3) is 10.9 Å². The normalized spacial score (nSPS) is 13.8. The van der Waals surface area contributed by atoms with E-state index in [1.54, 1.807) is 6.07 Å². The van der Waals surface area contributed by atoms with Crippen LogP contribution in [-0.2, 0) is 19.5 Å². The number of fused-ring (bicyclic) bond motifs is 3. The summed E-state index contributed by atoms with van der Waals surface area (Å²) in [5.74, 6) is -0.221. The fraction of sp³-hybridized carbons (Fsp3) is 0.211. The van der Waals surface area contributed by atoms with Crippen molar-refractivity contribution in [1.29, 1.82) is 0 Å². The van der Waals surface area contributed by atoms with E-state index in [4.69, 9.17) is 12.2 Å². The molecule has 2 heterocycles. The van der Waals surface area contributed by atoms with Crippen LogP contribution in [0.4, 0.5) is 4.39 Å². The number of thiocarbonyl (C=S) groups is 1. The highest BCUT2D eigenvalue weighted by molar-refractivity contribution is 7.80. The number of H-pyrrole nitrogens is 1. The number of hydrogen-bond donors (Lipinski definition) is 2. The van der Waals surface area contributed by atoms with E-state index in [2.05, 4.69) is 33.4 Å². The summed E-state index contributed by atoms with van der Waals surface area (Å²) in [6.07, 6.45) is 0.973. The van der Waals surface area contributed by atoms with Gasteiger partial charge in [-0.05, 0) is 48.0 Å². The van der Waals surface area contributed by atoms with Crippen molar-refractivity contribution in [2.24, 2.45) is 0 Å². The summed E-state index contributed by atoms with van der Waals surface area (Å²) in [4.78, 5) is 5.66. The highest BCUT2D eigenvalue weighted by Crippen LogP contribution is 2.27. The molecule has 0 saturated heterocycles. The molecule has 2 aromatic carbocycles. The van der Waals surface area contributed by atoms with Gasteiger partial charge in [-0.1, -0.05) is 30.3 Å². The van der Waals surface area contributed by atoms with Crippen molar-refractivity contribution < 1.29 is 4.39 Å². The van der Waals surface area contributed by atoms with Gasteiger partial charge in [0.25, 0.3) is 0 Å². The molecule has 122 valence electrons. The molecule has 24 heavy (non-hydrogen) atoms. The maximum atomic E-state index is 13.2. The van der Waals surface area contributed by atoms with E-state index in [1.807, 2.05) is 12.1 Å². The van der Waals surface area contributed by atoms with Crippen LogP contribution in [0.1, 0.15) is 16.8 Å². The zero-order valence-corrected chi connectivity index (χ0v) is 14.0. The van der Waals surface area contributed by atoms with E-state index in [-0.39, 0.29) is 5.82 Å². The van der Waals surface area contributed by atoms with E-state index >= 15 is 0 Å². The van der Waals surface area contributed by atoms with Crippen LogP contribution in [0.2, 0.25) is 0 Å². The third-order valence-electron chi connectivity index (χ3n) is 4.50. The highest BCUT2D eigenvalue weighted by atomic mass is 32.1. The molecule has 0 fully saturated rings. The zero-order valence-electron chi connectivity index (χ0n) is 13.2. The zero-order chi connectivity index (χ0) is 16.5. The Kier molecular flexibility index (Phi) is 3.94. The summed E-state index contributed by atoms with van der Waals surface area (Å²) in [7, 11) is 0. The lowest BCUT2D eigenvalue weighted by Gasteiger charge is -2.29. The van der Waals surface area contributed by atoms with Crippen LogP contribution >= 0.6 is 12.2 Å². The Morgan fingerprint density at radius 1 is 1.21 bits per heavy atom. The largest absolute Gasteiger partial charge is 0.358 e. The van der Waals surface area contributed by atoms with Gasteiger partial charge in [0.05, 0.1) is 6.54 Å². The monoisotopic (exact) mass is 339 g/mol. The molecule has 0 bridgehead atoms. The molecular weight excluding hydrogens is 321 g/mol. The van der Waals surface area contributed by atoms with Gasteiger partial charge in [0, 0.05) is 29.7 Å². The molecule has 0 atom stereocenters. The van der Waals surface area contributed by atoms with Crippen molar-refractivity contribution in [1.82, 2.24) is 15.2 Å². The van der Waals surface area contributed by atoms with Gasteiger partial charge < -0.3 is 15.2 Å². The van der Waals surface area contributed by atoms with Crippen molar-refractivity contribution >= 4 is 28.2 Å². The van der Waals surface area contributed by atoms with E-state index in [0.717, 1.165) is 25.1 Å². The lowest BCUT2D eigenvalue weighted by Crippen LogP contribution is -2.42. The first kappa shape index (κ1) is 15.1. The molecular formula is C19H18FN3S. The molecule has 1 aromatic heterocycles. The molecule has 3 aromatic rings. The first-order valence-corrected chi connectivity index (χ1v) is 8.47. The van der Waals surface area contributed by atoms with Gasteiger partial charge in [0.2, 0.25) is 0 Å².